The van der Waals surface area contributed by atoms with Crippen LogP contribution in [0.3, 0.4) is 0 Å². The Hall–Kier alpha value is -3.48. The van der Waals surface area contributed by atoms with Crippen molar-refractivity contribution in [3.05, 3.63) is 65.9 Å². The summed E-state index contributed by atoms with van der Waals surface area (Å²) in [5.41, 5.74) is 3.07. The second-order valence-corrected chi connectivity index (χ2v) is 6.72. The van der Waals surface area contributed by atoms with Gasteiger partial charge in [0, 0.05) is 23.7 Å². The number of carbonyl (C=O) groups is 2. The molecule has 0 radical (unpaired) electrons. The van der Waals surface area contributed by atoms with Crippen LogP contribution in [0.5, 0.6) is 0 Å². The minimum atomic E-state index is -0.216. The third kappa shape index (κ3) is 3.64. The second kappa shape index (κ2) is 7.64. The number of hydrogen-bond acceptors (Lipinski definition) is 4. The van der Waals surface area contributed by atoms with E-state index < -0.39 is 0 Å². The molecule has 2 N–H and O–H groups in total. The van der Waals surface area contributed by atoms with Crippen molar-refractivity contribution in [2.24, 2.45) is 0 Å². The topological polar surface area (TPSA) is 88.9 Å². The summed E-state index contributed by atoms with van der Waals surface area (Å²) < 4.78 is 1.64. The fourth-order valence-corrected chi connectivity index (χ4v) is 2.97. The third-order valence-corrected chi connectivity index (χ3v) is 4.56. The molecule has 2 amide bonds. The van der Waals surface area contributed by atoms with Gasteiger partial charge in [-0.3, -0.25) is 9.59 Å². The minimum Gasteiger partial charge on any atom is -0.352 e. The lowest BCUT2D eigenvalue weighted by Crippen LogP contribution is -2.26. The number of benzene rings is 2. The Morgan fingerprint density at radius 3 is 2.39 bits per heavy atom. The van der Waals surface area contributed by atoms with E-state index in [4.69, 9.17) is 0 Å². The van der Waals surface area contributed by atoms with E-state index in [0.29, 0.717) is 23.5 Å². The molecule has 1 aliphatic carbocycles. The maximum absolute atomic E-state index is 12.7. The van der Waals surface area contributed by atoms with E-state index in [0.717, 1.165) is 24.1 Å². The highest BCUT2D eigenvalue weighted by Crippen LogP contribution is 2.26. The number of rotatable bonds is 6. The number of amides is 2. The molecule has 4 rings (SSSR count). The highest BCUT2D eigenvalue weighted by atomic mass is 16.2. The first-order valence-corrected chi connectivity index (χ1v) is 9.38. The fourth-order valence-electron chi connectivity index (χ4n) is 2.97. The van der Waals surface area contributed by atoms with Crippen LogP contribution >= 0.6 is 0 Å². The van der Waals surface area contributed by atoms with Crippen molar-refractivity contribution in [3.63, 3.8) is 0 Å². The van der Waals surface area contributed by atoms with Crippen LogP contribution < -0.4 is 10.6 Å². The molecule has 7 heteroatoms. The molecule has 0 spiro atoms. The molecule has 0 atom stereocenters. The monoisotopic (exact) mass is 375 g/mol. The van der Waals surface area contributed by atoms with Gasteiger partial charge < -0.3 is 10.6 Å². The SMILES string of the molecule is CCNC(=O)c1ccc(-n2nnc(C(=O)NC3CC3)c2-c2ccccc2)cc1. The molecule has 7 nitrogen and oxygen atoms in total. The molecule has 1 saturated carbocycles. The Morgan fingerprint density at radius 2 is 1.75 bits per heavy atom. The van der Waals surface area contributed by atoms with Gasteiger partial charge in [-0.1, -0.05) is 35.5 Å². The number of carbonyl (C=O) groups excluding carboxylic acids is 2. The molecule has 1 aromatic heterocycles. The van der Waals surface area contributed by atoms with Gasteiger partial charge in [0.2, 0.25) is 0 Å². The van der Waals surface area contributed by atoms with E-state index in [9.17, 15) is 9.59 Å². The lowest BCUT2D eigenvalue weighted by Gasteiger charge is -2.09. The third-order valence-electron chi connectivity index (χ3n) is 4.56. The second-order valence-electron chi connectivity index (χ2n) is 6.72. The van der Waals surface area contributed by atoms with E-state index >= 15 is 0 Å². The van der Waals surface area contributed by atoms with Crippen LogP contribution in [0.1, 0.15) is 40.6 Å². The smallest absolute Gasteiger partial charge is 0.274 e. The predicted octanol–water partition coefficient (Wildman–Crippen LogP) is 2.58. The van der Waals surface area contributed by atoms with Gasteiger partial charge in [0.25, 0.3) is 11.8 Å². The first-order chi connectivity index (χ1) is 13.7. The van der Waals surface area contributed by atoms with Crippen molar-refractivity contribution in [3.8, 4) is 16.9 Å². The highest BCUT2D eigenvalue weighted by molar-refractivity contribution is 5.98. The maximum Gasteiger partial charge on any atom is 0.274 e. The standard InChI is InChI=1S/C21H21N5O2/c1-2-22-20(27)15-8-12-17(13-9-15)26-19(14-6-4-3-5-7-14)18(24-25-26)21(28)23-16-10-11-16/h3-9,12-13,16H,2,10-11H2,1H3,(H,22,27)(H,23,28). The van der Waals surface area contributed by atoms with Crippen molar-refractivity contribution in [1.29, 1.82) is 0 Å². The van der Waals surface area contributed by atoms with Crippen molar-refractivity contribution < 1.29 is 9.59 Å². The van der Waals surface area contributed by atoms with Crippen LogP contribution in [-0.2, 0) is 0 Å². The van der Waals surface area contributed by atoms with Crippen LogP contribution in [-0.4, -0.2) is 39.4 Å². The molecule has 1 heterocycles. The van der Waals surface area contributed by atoms with Crippen molar-refractivity contribution in [2.45, 2.75) is 25.8 Å². The zero-order chi connectivity index (χ0) is 19.5. The summed E-state index contributed by atoms with van der Waals surface area (Å²) in [4.78, 5) is 24.7. The van der Waals surface area contributed by atoms with Crippen LogP contribution in [0, 0.1) is 0 Å². The lowest BCUT2D eigenvalue weighted by molar-refractivity contribution is 0.0941. The Bertz CT molecular complexity index is 991. The number of nitrogens with one attached hydrogen (secondary N) is 2. The average molecular weight is 375 g/mol. The molecular formula is C21H21N5O2. The first kappa shape index (κ1) is 17.9. The predicted molar refractivity (Wildman–Crippen MR) is 105 cm³/mol. The van der Waals surface area contributed by atoms with Gasteiger partial charge in [0.05, 0.1) is 5.69 Å². The Morgan fingerprint density at radius 1 is 1.04 bits per heavy atom. The van der Waals surface area contributed by atoms with E-state index in [2.05, 4.69) is 20.9 Å². The van der Waals surface area contributed by atoms with E-state index in [1.165, 1.54) is 0 Å². The molecule has 0 saturated heterocycles. The zero-order valence-corrected chi connectivity index (χ0v) is 15.6. The van der Waals surface area contributed by atoms with Crippen LogP contribution in [0.2, 0.25) is 0 Å². The molecule has 142 valence electrons. The molecule has 3 aromatic rings. The summed E-state index contributed by atoms with van der Waals surface area (Å²) in [6.07, 6.45) is 2.00. The fraction of sp³-hybridized carbons (Fsp3) is 0.238. The number of aromatic nitrogens is 3. The molecule has 28 heavy (non-hydrogen) atoms. The molecule has 1 fully saturated rings. The van der Waals surface area contributed by atoms with Crippen molar-refractivity contribution >= 4 is 11.8 Å². The largest absolute Gasteiger partial charge is 0.352 e. The minimum absolute atomic E-state index is 0.125. The average Bonchev–Trinajstić information content (AvgIpc) is 3.42. The molecule has 0 unspecified atom stereocenters. The van der Waals surface area contributed by atoms with Crippen LogP contribution in [0.15, 0.2) is 54.6 Å². The maximum atomic E-state index is 12.7. The summed E-state index contributed by atoms with van der Waals surface area (Å²) in [5.74, 6) is -0.341. The summed E-state index contributed by atoms with van der Waals surface area (Å²) in [5, 5.41) is 14.1. The van der Waals surface area contributed by atoms with Crippen LogP contribution in [0.4, 0.5) is 0 Å². The molecule has 2 aromatic carbocycles. The number of hydrogen-bond donors (Lipinski definition) is 2. The lowest BCUT2D eigenvalue weighted by atomic mass is 10.1. The highest BCUT2D eigenvalue weighted by Gasteiger charge is 2.28. The molecule has 0 aliphatic heterocycles. The Labute approximate surface area is 162 Å². The van der Waals surface area contributed by atoms with Crippen molar-refractivity contribution in [2.75, 3.05) is 6.54 Å². The van der Waals surface area contributed by atoms with Crippen LogP contribution in [0.25, 0.3) is 16.9 Å². The molecule has 0 bridgehead atoms. The molecular weight excluding hydrogens is 354 g/mol. The van der Waals surface area contributed by atoms with Crippen molar-refractivity contribution in [1.82, 2.24) is 25.6 Å². The van der Waals surface area contributed by atoms with Gasteiger partial charge in [-0.05, 0) is 44.0 Å². The summed E-state index contributed by atoms with van der Waals surface area (Å²) in [6, 6.07) is 16.9. The van der Waals surface area contributed by atoms with Gasteiger partial charge >= 0.3 is 0 Å². The number of nitrogens with zero attached hydrogens (tertiary/aromatic N) is 3. The summed E-state index contributed by atoms with van der Waals surface area (Å²) in [7, 11) is 0. The van der Waals surface area contributed by atoms with E-state index in [-0.39, 0.29) is 17.9 Å². The van der Waals surface area contributed by atoms with E-state index in [1.54, 1.807) is 28.9 Å². The molecule has 1 aliphatic rings. The van der Waals surface area contributed by atoms with E-state index in [1.807, 2.05) is 37.3 Å². The van der Waals surface area contributed by atoms with Gasteiger partial charge in [0.15, 0.2) is 5.69 Å². The van der Waals surface area contributed by atoms with Gasteiger partial charge in [-0.15, -0.1) is 5.10 Å². The van der Waals surface area contributed by atoms with Gasteiger partial charge in [-0.2, -0.15) is 0 Å². The first-order valence-electron chi connectivity index (χ1n) is 9.38. The zero-order valence-electron chi connectivity index (χ0n) is 15.6. The van der Waals surface area contributed by atoms with Gasteiger partial charge in [-0.25, -0.2) is 4.68 Å². The summed E-state index contributed by atoms with van der Waals surface area (Å²) in [6.45, 7) is 2.45. The quantitative estimate of drug-likeness (QED) is 0.693. The normalized spacial score (nSPS) is 13.2. The Kier molecular flexibility index (Phi) is 4.89. The van der Waals surface area contributed by atoms with Gasteiger partial charge in [0.1, 0.15) is 5.69 Å². The summed E-state index contributed by atoms with van der Waals surface area (Å²) >= 11 is 0. The Balaban J connectivity index is 1.73.